The molecule has 2 rings (SSSR count). The van der Waals surface area contributed by atoms with Crippen LogP contribution in [0.1, 0.15) is 20.3 Å². The van der Waals surface area contributed by atoms with E-state index in [4.69, 9.17) is 9.47 Å². The Bertz CT molecular complexity index is 598. The summed E-state index contributed by atoms with van der Waals surface area (Å²) in [5.41, 5.74) is 0.657. The summed E-state index contributed by atoms with van der Waals surface area (Å²) in [5, 5.41) is 2.85. The van der Waals surface area contributed by atoms with Crippen LogP contribution in [0.3, 0.4) is 0 Å². The lowest BCUT2D eigenvalue weighted by molar-refractivity contribution is -0.122. The van der Waals surface area contributed by atoms with Crippen molar-refractivity contribution >= 4 is 11.6 Å². The maximum absolute atomic E-state index is 12.3. The number of benzene rings is 2. The smallest absolute Gasteiger partial charge is 0.265 e. The van der Waals surface area contributed by atoms with E-state index in [0.717, 1.165) is 6.42 Å². The minimum absolute atomic E-state index is 0.212. The molecule has 0 bridgehead atoms. The Labute approximate surface area is 131 Å². The van der Waals surface area contributed by atoms with Crippen molar-refractivity contribution in [1.82, 2.24) is 0 Å². The molecule has 116 valence electrons. The minimum atomic E-state index is -0.596. The predicted molar refractivity (Wildman–Crippen MR) is 87.4 cm³/mol. The van der Waals surface area contributed by atoms with Crippen molar-refractivity contribution in [3.8, 4) is 11.5 Å². The van der Waals surface area contributed by atoms with Crippen molar-refractivity contribution < 1.29 is 14.3 Å². The van der Waals surface area contributed by atoms with Gasteiger partial charge in [-0.1, -0.05) is 37.3 Å². The number of amides is 1. The van der Waals surface area contributed by atoms with Gasteiger partial charge in [0, 0.05) is 0 Å². The van der Waals surface area contributed by atoms with Gasteiger partial charge in [-0.15, -0.1) is 0 Å². The molecule has 4 heteroatoms. The molecule has 1 atom stereocenters. The predicted octanol–water partition coefficient (Wildman–Crippen LogP) is 3.88. The third kappa shape index (κ3) is 4.52. The Hall–Kier alpha value is -2.49. The Kier molecular flexibility index (Phi) is 5.83. The van der Waals surface area contributed by atoms with Gasteiger partial charge in [0.1, 0.15) is 11.5 Å². The average molecular weight is 299 g/mol. The van der Waals surface area contributed by atoms with Crippen molar-refractivity contribution in [2.75, 3.05) is 11.9 Å². The molecule has 0 aliphatic rings. The molecule has 1 N–H and O–H groups in total. The molecule has 2 aromatic carbocycles. The molecule has 0 radical (unpaired) electrons. The first-order valence-electron chi connectivity index (χ1n) is 7.45. The topological polar surface area (TPSA) is 47.6 Å². The number of carbonyl (C=O) groups excluding carboxylic acids is 1. The van der Waals surface area contributed by atoms with Crippen LogP contribution in [0.2, 0.25) is 0 Å². The van der Waals surface area contributed by atoms with Crippen molar-refractivity contribution in [3.05, 3.63) is 54.6 Å². The summed E-state index contributed by atoms with van der Waals surface area (Å²) in [6.45, 7) is 4.37. The highest BCUT2D eigenvalue weighted by Gasteiger charge is 2.16. The standard InChI is InChI=1S/C18H21NO3/c1-3-13-21-17-12-8-7-11-16(17)19-18(20)14(2)22-15-9-5-4-6-10-15/h4-12,14H,3,13H2,1-2H3,(H,19,20)/t14-/m1/s1. The molecular formula is C18H21NO3. The third-order valence-corrected chi connectivity index (χ3v) is 3.03. The molecule has 0 aliphatic heterocycles. The van der Waals surface area contributed by atoms with Gasteiger partial charge >= 0.3 is 0 Å². The van der Waals surface area contributed by atoms with Gasteiger partial charge in [-0.25, -0.2) is 0 Å². The van der Waals surface area contributed by atoms with E-state index in [0.29, 0.717) is 23.8 Å². The summed E-state index contributed by atoms with van der Waals surface area (Å²) in [5.74, 6) is 1.13. The maximum atomic E-state index is 12.3. The molecule has 0 heterocycles. The zero-order valence-electron chi connectivity index (χ0n) is 12.9. The number of ether oxygens (including phenoxy) is 2. The molecule has 22 heavy (non-hydrogen) atoms. The highest BCUT2D eigenvalue weighted by Crippen LogP contribution is 2.24. The number of hydrogen-bond acceptors (Lipinski definition) is 3. The first-order valence-corrected chi connectivity index (χ1v) is 7.45. The van der Waals surface area contributed by atoms with Crippen LogP contribution < -0.4 is 14.8 Å². The van der Waals surface area contributed by atoms with Gasteiger partial charge in [0.05, 0.1) is 12.3 Å². The molecule has 1 amide bonds. The summed E-state index contributed by atoms with van der Waals surface area (Å²) in [4.78, 5) is 12.3. The molecule has 0 aliphatic carbocycles. The molecule has 2 aromatic rings. The van der Waals surface area contributed by atoms with Crippen molar-refractivity contribution in [2.24, 2.45) is 0 Å². The van der Waals surface area contributed by atoms with Gasteiger partial charge in [-0.2, -0.15) is 0 Å². The van der Waals surface area contributed by atoms with Crippen LogP contribution in [0.15, 0.2) is 54.6 Å². The summed E-state index contributed by atoms with van der Waals surface area (Å²) >= 11 is 0. The van der Waals surface area contributed by atoms with Crippen LogP contribution >= 0.6 is 0 Å². The van der Waals surface area contributed by atoms with Gasteiger partial charge in [0.2, 0.25) is 0 Å². The first kappa shape index (κ1) is 15.9. The average Bonchev–Trinajstić information content (AvgIpc) is 2.55. The molecular weight excluding hydrogens is 278 g/mol. The van der Waals surface area contributed by atoms with E-state index in [2.05, 4.69) is 5.32 Å². The zero-order chi connectivity index (χ0) is 15.8. The molecule has 0 saturated heterocycles. The van der Waals surface area contributed by atoms with Crippen molar-refractivity contribution in [2.45, 2.75) is 26.4 Å². The summed E-state index contributed by atoms with van der Waals surface area (Å²) < 4.78 is 11.2. The zero-order valence-corrected chi connectivity index (χ0v) is 12.9. The molecule has 0 fully saturated rings. The molecule has 0 aromatic heterocycles. The first-order chi connectivity index (χ1) is 10.7. The van der Waals surface area contributed by atoms with Crippen LogP contribution in [-0.4, -0.2) is 18.6 Å². The Morgan fingerprint density at radius 3 is 2.50 bits per heavy atom. The highest BCUT2D eigenvalue weighted by atomic mass is 16.5. The Morgan fingerprint density at radius 1 is 1.09 bits per heavy atom. The largest absolute Gasteiger partial charge is 0.491 e. The second kappa shape index (κ2) is 8.08. The lowest BCUT2D eigenvalue weighted by atomic mass is 10.2. The number of hydrogen-bond donors (Lipinski definition) is 1. The van der Waals surface area contributed by atoms with Gasteiger partial charge in [-0.3, -0.25) is 4.79 Å². The van der Waals surface area contributed by atoms with Crippen LogP contribution in [0.25, 0.3) is 0 Å². The lowest BCUT2D eigenvalue weighted by Gasteiger charge is -2.16. The van der Waals surface area contributed by atoms with E-state index in [1.807, 2.05) is 61.5 Å². The van der Waals surface area contributed by atoms with E-state index < -0.39 is 6.10 Å². The highest BCUT2D eigenvalue weighted by molar-refractivity contribution is 5.95. The number of anilines is 1. The normalized spacial score (nSPS) is 11.5. The van der Waals surface area contributed by atoms with Gasteiger partial charge < -0.3 is 14.8 Å². The maximum Gasteiger partial charge on any atom is 0.265 e. The Morgan fingerprint density at radius 2 is 1.77 bits per heavy atom. The molecule has 0 spiro atoms. The van der Waals surface area contributed by atoms with E-state index in [9.17, 15) is 4.79 Å². The monoisotopic (exact) mass is 299 g/mol. The fraction of sp³-hybridized carbons (Fsp3) is 0.278. The van der Waals surface area contributed by atoms with Crippen molar-refractivity contribution in [3.63, 3.8) is 0 Å². The van der Waals surface area contributed by atoms with Crippen LogP contribution in [-0.2, 0) is 4.79 Å². The van der Waals surface area contributed by atoms with Crippen LogP contribution in [0.5, 0.6) is 11.5 Å². The molecule has 0 unspecified atom stereocenters. The Balaban J connectivity index is 1.99. The number of rotatable bonds is 7. The summed E-state index contributed by atoms with van der Waals surface area (Å²) in [7, 11) is 0. The number of carbonyl (C=O) groups is 1. The van der Waals surface area contributed by atoms with E-state index in [1.165, 1.54) is 0 Å². The second-order valence-corrected chi connectivity index (χ2v) is 4.91. The van der Waals surface area contributed by atoms with Crippen LogP contribution in [0.4, 0.5) is 5.69 Å². The van der Waals surface area contributed by atoms with Crippen LogP contribution in [0, 0.1) is 0 Å². The van der Waals surface area contributed by atoms with Gasteiger partial charge in [-0.05, 0) is 37.6 Å². The molecule has 0 saturated carbocycles. The summed E-state index contributed by atoms with van der Waals surface area (Å²) in [6, 6.07) is 16.7. The van der Waals surface area contributed by atoms with E-state index in [-0.39, 0.29) is 5.91 Å². The molecule has 4 nitrogen and oxygen atoms in total. The number of nitrogens with one attached hydrogen (secondary N) is 1. The quantitative estimate of drug-likeness (QED) is 0.844. The van der Waals surface area contributed by atoms with Gasteiger partial charge in [0.25, 0.3) is 5.91 Å². The third-order valence-electron chi connectivity index (χ3n) is 3.03. The van der Waals surface area contributed by atoms with E-state index >= 15 is 0 Å². The SMILES string of the molecule is CCCOc1ccccc1NC(=O)[C@@H](C)Oc1ccccc1. The fourth-order valence-electron chi connectivity index (χ4n) is 1.90. The van der Waals surface area contributed by atoms with Gasteiger partial charge in [0.15, 0.2) is 6.10 Å². The summed E-state index contributed by atoms with van der Waals surface area (Å²) in [6.07, 6.45) is 0.317. The fourth-order valence-corrected chi connectivity index (χ4v) is 1.90. The second-order valence-electron chi connectivity index (χ2n) is 4.91. The number of para-hydroxylation sites is 3. The lowest BCUT2D eigenvalue weighted by Crippen LogP contribution is -2.30. The minimum Gasteiger partial charge on any atom is -0.491 e. The van der Waals surface area contributed by atoms with E-state index in [1.54, 1.807) is 6.92 Å². The van der Waals surface area contributed by atoms with Crippen molar-refractivity contribution in [1.29, 1.82) is 0 Å².